The Morgan fingerprint density at radius 1 is 0.513 bits per heavy atom. The van der Waals surface area contributed by atoms with Crippen molar-refractivity contribution in [2.24, 2.45) is 0 Å². The number of carbonyl (C=O) groups excluding carboxylic acids is 4. The van der Waals surface area contributed by atoms with Gasteiger partial charge in [0.15, 0.2) is 23.2 Å². The molecule has 0 bridgehead atoms. The molecule has 0 atom stereocenters. The van der Waals surface area contributed by atoms with E-state index in [0.717, 1.165) is 182 Å². The quantitative estimate of drug-likeness (QED) is 0.0806. The number of hydrogen-bond acceptors (Lipinski definition) is 17. The van der Waals surface area contributed by atoms with Crippen LogP contribution in [0.4, 0.5) is 11.6 Å². The van der Waals surface area contributed by atoms with Crippen molar-refractivity contribution in [2.45, 2.75) is 58.4 Å². The highest BCUT2D eigenvalue weighted by molar-refractivity contribution is 7.13. The number of rotatable bonds is 11. The molecule has 6 aromatic heterocycles. The number of anilines is 2. The Bertz CT molecular complexity index is 6160. The third kappa shape index (κ3) is 15.2. The third-order valence-electron chi connectivity index (χ3n) is 21.8. The average molecular weight is 1580 g/mol. The van der Waals surface area contributed by atoms with E-state index in [1.54, 1.807) is 12.3 Å². The van der Waals surface area contributed by atoms with Crippen molar-refractivity contribution in [3.05, 3.63) is 280 Å². The zero-order valence-electron chi connectivity index (χ0n) is 61.7. The number of benzene rings is 10. The van der Waals surface area contributed by atoms with Gasteiger partial charge in [0, 0.05) is 131 Å². The van der Waals surface area contributed by atoms with Crippen LogP contribution in [0.3, 0.4) is 0 Å². The summed E-state index contributed by atoms with van der Waals surface area (Å²) >= 11 is 13.6. The summed E-state index contributed by atoms with van der Waals surface area (Å²) in [4.78, 5) is 70.4. The van der Waals surface area contributed by atoms with Crippen LogP contribution in [0.5, 0.6) is 5.75 Å². The van der Waals surface area contributed by atoms with Gasteiger partial charge in [0.2, 0.25) is 5.95 Å². The number of carbonyl (C=O) groups is 4. The molecule has 9 heterocycles. The smallest absolute Gasteiger partial charge is 0.253 e. The molecule has 6 aliphatic rings. The van der Waals surface area contributed by atoms with E-state index in [2.05, 4.69) is 93.4 Å². The Labute approximate surface area is 676 Å². The second-order valence-corrected chi connectivity index (χ2v) is 30.4. The number of aromatic nitrogens is 12. The molecule has 3 aliphatic carbocycles. The second kappa shape index (κ2) is 33.2. The van der Waals surface area contributed by atoms with E-state index in [1.165, 1.54) is 76.1 Å². The minimum absolute atomic E-state index is 0. The van der Waals surface area contributed by atoms with Gasteiger partial charge < -0.3 is 19.9 Å². The van der Waals surface area contributed by atoms with Gasteiger partial charge in [0.25, 0.3) is 5.91 Å². The topological polar surface area (TPSA) is 266 Å². The van der Waals surface area contributed by atoms with Crippen LogP contribution in [-0.4, -0.2) is 157 Å². The molecule has 572 valence electrons. The standard InChI is InChI=1S/C26H28ClN5O.C22H24N6O.C14H7ClN2O.C14H8N2O.C14H7NOS.CH4/c27-21-7-3-19(4-8-21)24-11-14-28-26(30-24)29-22-9-5-20(6-10-22)25(33)32-17-12-23(13-18-32)31-15-1-2-16-31;1-2-9-28(10-3-1)11-12-29-18-6-4-5-16(13-18)21-19-14-17(22-23-15-24-27-22)7-8-20(19)25-26-21;15-9-5-6-10-12-11(9)14(18)8-4-2-1-3-7(8)13(12)17-16-10;17-14-9-5-2-1-4-8(9)13-12-10(14)6-3-7-11(12)15-16-13;16-14-9-5-2-1-4-8(9)13-12-10(14)6-3-7-11(12)17-15-13;/h3-11,14,23H,1-2,12-13,15-18H2,(H,28,29,30);4-8,13-15H,1-3,9-12H2,(H,25,26)(H,23,24,27);1-6H,(H,16,17);1-7H,(H,15,16);1-7H;1H4. The highest BCUT2D eigenvalue weighted by Crippen LogP contribution is 2.43. The monoisotopic (exact) mass is 1580 g/mol. The minimum Gasteiger partial charge on any atom is -0.492 e. The number of nitrogens with zero attached hydrogens (tertiary/aromatic N) is 11. The summed E-state index contributed by atoms with van der Waals surface area (Å²) in [6, 6.07) is 69.7. The van der Waals surface area contributed by atoms with Gasteiger partial charge in [-0.1, -0.05) is 158 Å². The van der Waals surface area contributed by atoms with Crippen LogP contribution in [-0.2, 0) is 0 Å². The van der Waals surface area contributed by atoms with Crippen LogP contribution in [0.1, 0.15) is 110 Å². The summed E-state index contributed by atoms with van der Waals surface area (Å²) in [5.74, 6) is 2.40. The first-order chi connectivity index (χ1) is 56.0. The zero-order chi connectivity index (χ0) is 77.2. The number of ether oxygens (including phenoxy) is 1. The normalized spacial score (nSPS) is 14.6. The van der Waals surface area contributed by atoms with Crippen LogP contribution in [0.25, 0.3) is 110 Å². The molecule has 0 radical (unpaired) electrons. The molecule has 3 fully saturated rings. The third-order valence-corrected chi connectivity index (χ3v) is 23.2. The largest absolute Gasteiger partial charge is 0.492 e. The maximum atomic E-state index is 13.0. The fourth-order valence-corrected chi connectivity index (χ4v) is 17.3. The van der Waals surface area contributed by atoms with Crippen LogP contribution in [0.2, 0.25) is 10.0 Å². The van der Waals surface area contributed by atoms with Crippen molar-refractivity contribution < 1.29 is 23.9 Å². The van der Waals surface area contributed by atoms with Crippen molar-refractivity contribution in [3.8, 4) is 73.4 Å². The lowest BCUT2D eigenvalue weighted by molar-refractivity contribution is 0.0644. The SMILES string of the molecule is C.O=C(c1ccc(Nc2nccc(-c3ccc(Cl)cc3)n2)cc1)N1CCC(N2CCCC2)CC1.O=C1c2ccccc2-c2n[nH]c3ccc(Cl)c1c23.O=C1c2ccccc2-c2n[nH]c3cccc1c23.O=C1c2ccccc2-c2nsc3cccc1c23.c1cc(OCCN2CCCCC2)cc(-c2n[nH]c3ccc(-c4ncn[nH]4)cc23)c1. The fourth-order valence-electron chi connectivity index (χ4n) is 16.1. The molecule has 0 spiro atoms. The van der Waals surface area contributed by atoms with E-state index in [1.807, 2.05) is 199 Å². The average Bonchev–Trinajstić information content (AvgIpc) is 1.70. The first-order valence-electron chi connectivity index (χ1n) is 38.2. The first kappa shape index (κ1) is 75.0. The molecule has 0 saturated carbocycles. The lowest BCUT2D eigenvalue weighted by Gasteiger charge is -2.36. The summed E-state index contributed by atoms with van der Waals surface area (Å²) < 4.78 is 11.6. The molecular formula is C91H78Cl2N16O5S. The van der Waals surface area contributed by atoms with Gasteiger partial charge in [-0.2, -0.15) is 24.8 Å². The Morgan fingerprint density at radius 3 is 1.82 bits per heavy atom. The number of ketones is 3. The van der Waals surface area contributed by atoms with Gasteiger partial charge >= 0.3 is 0 Å². The summed E-state index contributed by atoms with van der Waals surface area (Å²) in [5.41, 5.74) is 18.6. The molecule has 3 aliphatic heterocycles. The molecule has 22 rings (SSSR count). The molecule has 16 aromatic rings. The zero-order valence-corrected chi connectivity index (χ0v) is 64.1. The summed E-state index contributed by atoms with van der Waals surface area (Å²) in [7, 11) is 0. The van der Waals surface area contributed by atoms with Crippen molar-refractivity contribution >= 4 is 112 Å². The molecule has 21 nitrogen and oxygen atoms in total. The number of likely N-dealkylation sites (tertiary alicyclic amines) is 3. The number of amides is 1. The van der Waals surface area contributed by atoms with Gasteiger partial charge in [-0.3, -0.25) is 44.5 Å². The highest BCUT2D eigenvalue weighted by Gasteiger charge is 2.33. The Morgan fingerprint density at radius 2 is 1.11 bits per heavy atom. The Hall–Kier alpha value is -12.7. The van der Waals surface area contributed by atoms with Gasteiger partial charge in [0.05, 0.1) is 43.2 Å². The predicted molar refractivity (Wildman–Crippen MR) is 455 cm³/mol. The van der Waals surface area contributed by atoms with Crippen molar-refractivity contribution in [1.29, 1.82) is 0 Å². The van der Waals surface area contributed by atoms with E-state index in [4.69, 9.17) is 27.9 Å². The van der Waals surface area contributed by atoms with E-state index in [0.29, 0.717) is 39.8 Å². The fraction of sp³-hybridized carbons (Fsp3) is 0.187. The van der Waals surface area contributed by atoms with E-state index < -0.39 is 0 Å². The first-order valence-corrected chi connectivity index (χ1v) is 39.8. The van der Waals surface area contributed by atoms with Gasteiger partial charge in [-0.25, -0.2) is 15.0 Å². The number of fused-ring (bicyclic) bond motifs is 7. The summed E-state index contributed by atoms with van der Waals surface area (Å²) in [6.07, 6.45) is 12.0. The van der Waals surface area contributed by atoms with Crippen molar-refractivity contribution in [1.82, 2.24) is 74.8 Å². The van der Waals surface area contributed by atoms with Crippen LogP contribution in [0.15, 0.2) is 231 Å². The lowest BCUT2D eigenvalue weighted by atomic mass is 9.87. The molecule has 3 saturated heterocycles. The van der Waals surface area contributed by atoms with Crippen LogP contribution >= 0.6 is 34.7 Å². The van der Waals surface area contributed by atoms with Gasteiger partial charge in [0.1, 0.15) is 35.8 Å². The molecule has 0 unspecified atom stereocenters. The number of H-pyrrole nitrogens is 4. The van der Waals surface area contributed by atoms with E-state index in [9.17, 15) is 19.2 Å². The molecule has 1 amide bonds. The van der Waals surface area contributed by atoms with Gasteiger partial charge in [-0.15, -0.1) is 0 Å². The van der Waals surface area contributed by atoms with Crippen LogP contribution < -0.4 is 10.1 Å². The van der Waals surface area contributed by atoms with Gasteiger partial charge in [-0.05, 0) is 173 Å². The minimum atomic E-state index is -0.0323. The second-order valence-electron chi connectivity index (χ2n) is 28.7. The maximum absolute atomic E-state index is 13.0. The predicted octanol–water partition coefficient (Wildman–Crippen LogP) is 19.5. The Balaban J connectivity index is 0.000000106. The number of nitrogens with one attached hydrogen (secondary N) is 5. The van der Waals surface area contributed by atoms with E-state index >= 15 is 0 Å². The molecule has 24 heteroatoms. The maximum Gasteiger partial charge on any atom is 0.253 e. The number of aromatic amines is 4. The molecule has 10 aromatic carbocycles. The van der Waals surface area contributed by atoms with Crippen molar-refractivity contribution in [2.75, 3.05) is 57.7 Å². The number of hydrogen-bond donors (Lipinski definition) is 5. The van der Waals surface area contributed by atoms with Crippen LogP contribution in [0, 0.1) is 0 Å². The Kier molecular flexibility index (Phi) is 21.6. The highest BCUT2D eigenvalue weighted by atomic mass is 35.5. The lowest BCUT2D eigenvalue weighted by Crippen LogP contribution is -2.45. The summed E-state index contributed by atoms with van der Waals surface area (Å²) in [5, 5.41) is 37.3. The molecule has 115 heavy (non-hydrogen) atoms. The number of halogens is 2. The van der Waals surface area contributed by atoms with E-state index in [-0.39, 0.29) is 30.7 Å². The summed E-state index contributed by atoms with van der Waals surface area (Å²) in [6.45, 7) is 8.19. The molecule has 5 N–H and O–H groups in total. The van der Waals surface area contributed by atoms with Crippen molar-refractivity contribution in [3.63, 3.8) is 0 Å². The number of piperidine rings is 2. The molecular weight excluding hydrogens is 1500 g/mol.